The first kappa shape index (κ1) is 35.2. The number of amides is 2. The number of anilines is 1. The predicted molar refractivity (Wildman–Crippen MR) is 185 cm³/mol. The number of ether oxygens (including phenoxy) is 1. The van der Waals surface area contributed by atoms with E-state index in [2.05, 4.69) is 5.32 Å². The van der Waals surface area contributed by atoms with Crippen LogP contribution in [0.1, 0.15) is 52.5 Å². The predicted octanol–water partition coefficient (Wildman–Crippen LogP) is 6.39. The van der Waals surface area contributed by atoms with Gasteiger partial charge in [0.2, 0.25) is 0 Å². The van der Waals surface area contributed by atoms with E-state index < -0.39 is 27.9 Å². The normalized spacial score (nSPS) is 14.0. The summed E-state index contributed by atoms with van der Waals surface area (Å²) in [6.07, 6.45) is 1.15. The lowest BCUT2D eigenvalue weighted by Crippen LogP contribution is -2.45. The van der Waals surface area contributed by atoms with Crippen molar-refractivity contribution in [2.24, 2.45) is 0 Å². The lowest BCUT2D eigenvalue weighted by molar-refractivity contribution is -0.138. The molecule has 10 nitrogen and oxygen atoms in total. The van der Waals surface area contributed by atoms with Gasteiger partial charge in [-0.2, -0.15) is 0 Å². The number of carboxylic acid groups (broad SMARTS) is 1. The molecule has 1 aliphatic rings. The molecule has 252 valence electrons. The van der Waals surface area contributed by atoms with Gasteiger partial charge in [0.05, 0.1) is 23.8 Å². The number of unbranched alkanes of at least 4 members (excludes halogenated alkanes) is 1. The highest BCUT2D eigenvalue weighted by molar-refractivity contribution is 7.93. The molecule has 4 aromatic carbocycles. The van der Waals surface area contributed by atoms with Gasteiger partial charge in [-0.1, -0.05) is 79.4 Å². The van der Waals surface area contributed by atoms with E-state index >= 15 is 0 Å². The van der Waals surface area contributed by atoms with Crippen LogP contribution in [0.25, 0.3) is 10.8 Å². The standard InChI is InChI=1S/C35H35Cl2N3O7S/c1-2-3-9-32(35(43)44)40(48(45,46)27-20-25(36)19-26(37)21-27)31-10-5-6-28-29(31)7-4-8-30(28)33(41)38-22-23-11-13-24(14-12-23)34(42)39-15-17-47-18-16-39/h4-8,10-14,19-21,32H,2-3,9,15-18,22H2,1H3,(H,38,41)(H,43,44). The Kier molecular flexibility index (Phi) is 11.3. The minimum absolute atomic E-state index is 0.0484. The number of nitrogens with zero attached hydrogens (tertiary/aromatic N) is 2. The van der Waals surface area contributed by atoms with Gasteiger partial charge in [-0.3, -0.25) is 13.9 Å². The van der Waals surface area contributed by atoms with Crippen molar-refractivity contribution in [1.82, 2.24) is 10.2 Å². The summed E-state index contributed by atoms with van der Waals surface area (Å²) in [5.41, 5.74) is 1.70. The van der Waals surface area contributed by atoms with E-state index in [0.29, 0.717) is 55.5 Å². The third kappa shape index (κ3) is 7.76. The molecule has 1 aliphatic heterocycles. The summed E-state index contributed by atoms with van der Waals surface area (Å²) in [4.78, 5) is 40.5. The van der Waals surface area contributed by atoms with Gasteiger partial charge in [-0.15, -0.1) is 0 Å². The fourth-order valence-corrected chi connectivity index (χ4v) is 8.05. The molecule has 1 unspecified atom stereocenters. The number of fused-ring (bicyclic) bond motifs is 1. The Balaban J connectivity index is 1.46. The minimum Gasteiger partial charge on any atom is -0.480 e. The van der Waals surface area contributed by atoms with E-state index in [1.54, 1.807) is 59.5 Å². The van der Waals surface area contributed by atoms with Gasteiger partial charge in [-0.25, -0.2) is 13.2 Å². The molecule has 1 heterocycles. The van der Waals surface area contributed by atoms with Crippen molar-refractivity contribution in [3.63, 3.8) is 0 Å². The summed E-state index contributed by atoms with van der Waals surface area (Å²) < 4.78 is 34.7. The molecule has 0 bridgehead atoms. The van der Waals surface area contributed by atoms with Crippen LogP contribution in [-0.2, 0) is 26.1 Å². The van der Waals surface area contributed by atoms with Crippen molar-refractivity contribution in [2.75, 3.05) is 30.6 Å². The first-order chi connectivity index (χ1) is 23.0. The largest absolute Gasteiger partial charge is 0.480 e. The van der Waals surface area contributed by atoms with Crippen molar-refractivity contribution >= 4 is 67.5 Å². The molecule has 5 rings (SSSR count). The second-order valence-corrected chi connectivity index (χ2v) is 14.1. The monoisotopic (exact) mass is 711 g/mol. The van der Waals surface area contributed by atoms with Crippen molar-refractivity contribution < 1.29 is 32.6 Å². The number of aliphatic carboxylic acids is 1. The van der Waals surface area contributed by atoms with Crippen LogP contribution in [0.2, 0.25) is 10.0 Å². The van der Waals surface area contributed by atoms with Crippen LogP contribution in [-0.4, -0.2) is 68.6 Å². The molecule has 1 saturated heterocycles. The summed E-state index contributed by atoms with van der Waals surface area (Å²) in [7, 11) is -4.51. The molecule has 0 saturated carbocycles. The highest BCUT2D eigenvalue weighted by Crippen LogP contribution is 2.36. The number of carbonyl (C=O) groups is 3. The molecule has 1 atom stereocenters. The number of sulfonamides is 1. The SMILES string of the molecule is CCCCC(C(=O)O)N(c1cccc2c(C(=O)NCc3ccc(C(=O)N4CCOCC4)cc3)cccc12)S(=O)(=O)c1cc(Cl)cc(Cl)c1. The van der Waals surface area contributed by atoms with Crippen LogP contribution in [0.15, 0.2) is 83.8 Å². The number of carboxylic acids is 1. The van der Waals surface area contributed by atoms with E-state index in [1.807, 2.05) is 6.92 Å². The van der Waals surface area contributed by atoms with Gasteiger partial charge in [0, 0.05) is 46.2 Å². The smallest absolute Gasteiger partial charge is 0.327 e. The van der Waals surface area contributed by atoms with Crippen molar-refractivity contribution in [1.29, 1.82) is 0 Å². The van der Waals surface area contributed by atoms with Crippen molar-refractivity contribution in [3.8, 4) is 0 Å². The van der Waals surface area contributed by atoms with E-state index in [-0.39, 0.29) is 45.1 Å². The topological polar surface area (TPSA) is 133 Å². The molecule has 48 heavy (non-hydrogen) atoms. The average Bonchev–Trinajstić information content (AvgIpc) is 3.08. The third-order valence-electron chi connectivity index (χ3n) is 8.13. The summed E-state index contributed by atoms with van der Waals surface area (Å²) in [5.74, 6) is -1.80. The molecule has 4 aromatic rings. The van der Waals surface area contributed by atoms with Crippen LogP contribution in [0.4, 0.5) is 5.69 Å². The molecule has 0 radical (unpaired) electrons. The Hall–Kier alpha value is -4.16. The summed E-state index contributed by atoms with van der Waals surface area (Å²) in [6.45, 7) is 4.16. The molecular weight excluding hydrogens is 677 g/mol. The van der Waals surface area contributed by atoms with Crippen molar-refractivity contribution in [2.45, 2.75) is 43.7 Å². The molecule has 1 fully saturated rings. The average molecular weight is 713 g/mol. The van der Waals surface area contributed by atoms with Gasteiger partial charge in [-0.05, 0) is 59.8 Å². The Labute approximate surface area is 289 Å². The number of hydrogen-bond donors (Lipinski definition) is 2. The Bertz CT molecular complexity index is 1910. The Morgan fingerprint density at radius 1 is 0.938 bits per heavy atom. The number of halogens is 2. The molecule has 2 N–H and O–H groups in total. The minimum atomic E-state index is -4.51. The first-order valence-electron chi connectivity index (χ1n) is 15.5. The van der Waals surface area contributed by atoms with Crippen LogP contribution >= 0.6 is 23.2 Å². The maximum atomic E-state index is 14.3. The van der Waals surface area contributed by atoms with Crippen molar-refractivity contribution in [3.05, 3.63) is 106 Å². The summed E-state index contributed by atoms with van der Waals surface area (Å²) in [6, 6.07) is 19.1. The second-order valence-electron chi connectivity index (χ2n) is 11.4. The second kappa shape index (κ2) is 15.4. The summed E-state index contributed by atoms with van der Waals surface area (Å²) >= 11 is 12.3. The van der Waals surface area contributed by atoms with E-state index in [4.69, 9.17) is 27.9 Å². The lowest BCUT2D eigenvalue weighted by atomic mass is 10.0. The van der Waals surface area contributed by atoms with Gasteiger partial charge in [0.1, 0.15) is 6.04 Å². The number of morpholine rings is 1. The van der Waals surface area contributed by atoms with Gasteiger partial charge in [0.15, 0.2) is 0 Å². The molecule has 2 amide bonds. The quantitative estimate of drug-likeness (QED) is 0.174. The number of carbonyl (C=O) groups excluding carboxylic acids is 2. The fraction of sp³-hybridized carbons (Fsp3) is 0.286. The maximum absolute atomic E-state index is 14.3. The van der Waals surface area contributed by atoms with E-state index in [9.17, 15) is 27.9 Å². The zero-order valence-electron chi connectivity index (χ0n) is 26.2. The first-order valence-corrected chi connectivity index (χ1v) is 17.7. The maximum Gasteiger partial charge on any atom is 0.327 e. The van der Waals surface area contributed by atoms with Gasteiger partial charge in [0.25, 0.3) is 21.8 Å². The molecule has 0 aliphatic carbocycles. The summed E-state index contributed by atoms with van der Waals surface area (Å²) in [5, 5.41) is 14.2. The van der Waals surface area contributed by atoms with Crippen LogP contribution in [0.3, 0.4) is 0 Å². The van der Waals surface area contributed by atoms with Crippen LogP contribution in [0.5, 0.6) is 0 Å². The van der Waals surface area contributed by atoms with Crippen LogP contribution < -0.4 is 9.62 Å². The molecule has 0 spiro atoms. The molecule has 0 aromatic heterocycles. The fourth-order valence-electron chi connectivity index (χ4n) is 5.67. The third-order valence-corrected chi connectivity index (χ3v) is 10.4. The zero-order valence-corrected chi connectivity index (χ0v) is 28.5. The number of nitrogens with one attached hydrogen (secondary N) is 1. The van der Waals surface area contributed by atoms with Crippen LogP contribution in [0, 0.1) is 0 Å². The van der Waals surface area contributed by atoms with Gasteiger partial charge >= 0.3 is 5.97 Å². The number of benzene rings is 4. The molecular formula is C35H35Cl2N3O7S. The lowest BCUT2D eigenvalue weighted by Gasteiger charge is -2.31. The number of hydrogen-bond acceptors (Lipinski definition) is 6. The number of rotatable bonds is 12. The Morgan fingerprint density at radius 2 is 1.58 bits per heavy atom. The van der Waals surface area contributed by atoms with E-state index in [1.165, 1.54) is 24.3 Å². The highest BCUT2D eigenvalue weighted by atomic mass is 35.5. The molecule has 13 heteroatoms. The zero-order chi connectivity index (χ0) is 34.4. The van der Waals surface area contributed by atoms with Gasteiger partial charge < -0.3 is 20.1 Å². The van der Waals surface area contributed by atoms with E-state index in [0.717, 1.165) is 9.87 Å². The highest BCUT2D eigenvalue weighted by Gasteiger charge is 2.37. The Morgan fingerprint density at radius 3 is 2.23 bits per heavy atom.